The van der Waals surface area contributed by atoms with E-state index in [9.17, 15) is 0 Å². The summed E-state index contributed by atoms with van der Waals surface area (Å²) in [5.74, 6) is 0.846. The third-order valence-electron chi connectivity index (χ3n) is 2.88. The Kier molecular flexibility index (Phi) is 6.20. The molecule has 0 bridgehead atoms. The van der Waals surface area contributed by atoms with Crippen LogP contribution in [0.3, 0.4) is 0 Å². The first-order chi connectivity index (χ1) is 6.83. The molecule has 1 N–H and O–H groups in total. The second kappa shape index (κ2) is 7.24. The van der Waals surface area contributed by atoms with Gasteiger partial charge in [-0.05, 0) is 38.1 Å². The minimum Gasteiger partial charge on any atom is -0.385 e. The maximum absolute atomic E-state index is 5.02. The summed E-state index contributed by atoms with van der Waals surface area (Å²) in [6.07, 6.45) is 8.07. The number of unbranched alkanes of at least 4 members (excludes halogenated alkanes) is 2. The average Bonchev–Trinajstić information content (AvgIpc) is 2.98. The predicted molar refractivity (Wildman–Crippen MR) is 60.5 cm³/mol. The maximum Gasteiger partial charge on any atom is 0.0462 e. The highest BCUT2D eigenvalue weighted by molar-refractivity contribution is 4.81. The monoisotopic (exact) mass is 199 g/mol. The zero-order chi connectivity index (χ0) is 10.2. The molecule has 1 saturated carbocycles. The second-order valence-electron chi connectivity index (χ2n) is 4.63. The van der Waals surface area contributed by atoms with Crippen molar-refractivity contribution >= 4 is 0 Å². The van der Waals surface area contributed by atoms with Gasteiger partial charge in [-0.25, -0.2) is 0 Å². The molecule has 0 saturated heterocycles. The first-order valence-corrected chi connectivity index (χ1v) is 6.05. The molecule has 0 amide bonds. The van der Waals surface area contributed by atoms with Crippen LogP contribution in [0.15, 0.2) is 0 Å². The fourth-order valence-corrected chi connectivity index (χ4v) is 1.67. The Hall–Kier alpha value is -0.0800. The van der Waals surface area contributed by atoms with Gasteiger partial charge in [-0.15, -0.1) is 0 Å². The third-order valence-corrected chi connectivity index (χ3v) is 2.88. The van der Waals surface area contributed by atoms with Gasteiger partial charge in [-0.2, -0.15) is 0 Å². The number of hydrogen-bond donors (Lipinski definition) is 1. The standard InChI is InChI=1S/C12H25NO/c1-11(10-13-12-7-8-12)6-4-3-5-9-14-2/h11-13H,3-10H2,1-2H3. The minimum atomic E-state index is 0.846. The molecule has 0 aliphatic heterocycles. The molecule has 1 rings (SSSR count). The van der Waals surface area contributed by atoms with Gasteiger partial charge in [0.1, 0.15) is 0 Å². The third kappa shape index (κ3) is 6.39. The summed E-state index contributed by atoms with van der Waals surface area (Å²) in [4.78, 5) is 0. The smallest absolute Gasteiger partial charge is 0.0462 e. The van der Waals surface area contributed by atoms with E-state index in [0.717, 1.165) is 18.6 Å². The summed E-state index contributed by atoms with van der Waals surface area (Å²) in [5.41, 5.74) is 0. The second-order valence-corrected chi connectivity index (χ2v) is 4.63. The molecule has 0 radical (unpaired) electrons. The molecule has 1 unspecified atom stereocenters. The van der Waals surface area contributed by atoms with Gasteiger partial charge >= 0.3 is 0 Å². The molecule has 0 aromatic heterocycles. The highest BCUT2D eigenvalue weighted by atomic mass is 16.5. The van der Waals surface area contributed by atoms with Gasteiger partial charge in [0.25, 0.3) is 0 Å². The molecule has 1 atom stereocenters. The van der Waals surface area contributed by atoms with Gasteiger partial charge in [0.05, 0.1) is 0 Å². The van der Waals surface area contributed by atoms with Crippen LogP contribution in [0.5, 0.6) is 0 Å². The molecule has 0 aromatic carbocycles. The quantitative estimate of drug-likeness (QED) is 0.576. The largest absolute Gasteiger partial charge is 0.385 e. The molecule has 2 heteroatoms. The molecule has 14 heavy (non-hydrogen) atoms. The lowest BCUT2D eigenvalue weighted by molar-refractivity contribution is 0.191. The summed E-state index contributed by atoms with van der Waals surface area (Å²) in [6, 6.07) is 0.867. The van der Waals surface area contributed by atoms with Gasteiger partial charge in [0.15, 0.2) is 0 Å². The van der Waals surface area contributed by atoms with E-state index in [4.69, 9.17) is 4.74 Å². The molecular weight excluding hydrogens is 174 g/mol. The van der Waals surface area contributed by atoms with Crippen LogP contribution >= 0.6 is 0 Å². The van der Waals surface area contributed by atoms with Crippen molar-refractivity contribution in [2.75, 3.05) is 20.3 Å². The highest BCUT2D eigenvalue weighted by Crippen LogP contribution is 2.19. The number of rotatable bonds is 9. The van der Waals surface area contributed by atoms with Gasteiger partial charge < -0.3 is 10.1 Å². The number of hydrogen-bond acceptors (Lipinski definition) is 2. The summed E-state index contributed by atoms with van der Waals surface area (Å²) < 4.78 is 5.02. The van der Waals surface area contributed by atoms with Crippen molar-refractivity contribution in [3.05, 3.63) is 0 Å². The van der Waals surface area contributed by atoms with Crippen molar-refractivity contribution in [3.8, 4) is 0 Å². The van der Waals surface area contributed by atoms with E-state index >= 15 is 0 Å². The number of nitrogens with one attached hydrogen (secondary N) is 1. The Morgan fingerprint density at radius 2 is 2.07 bits per heavy atom. The highest BCUT2D eigenvalue weighted by Gasteiger charge is 2.20. The predicted octanol–water partition coefficient (Wildman–Crippen LogP) is 2.58. The summed E-state index contributed by atoms with van der Waals surface area (Å²) >= 11 is 0. The lowest BCUT2D eigenvalue weighted by atomic mass is 10.0. The minimum absolute atomic E-state index is 0.846. The van der Waals surface area contributed by atoms with Gasteiger partial charge in [0, 0.05) is 19.8 Å². The fraction of sp³-hybridized carbons (Fsp3) is 1.00. The van der Waals surface area contributed by atoms with Crippen LogP contribution in [-0.2, 0) is 4.74 Å². The molecule has 1 aliphatic carbocycles. The van der Waals surface area contributed by atoms with Crippen molar-refractivity contribution in [2.45, 2.75) is 51.5 Å². The van der Waals surface area contributed by atoms with Crippen LogP contribution < -0.4 is 5.32 Å². The molecule has 0 heterocycles. The van der Waals surface area contributed by atoms with Gasteiger partial charge in [-0.1, -0.05) is 19.8 Å². The number of methoxy groups -OCH3 is 1. The van der Waals surface area contributed by atoms with Crippen LogP contribution in [0.1, 0.15) is 45.4 Å². The molecule has 0 spiro atoms. The van der Waals surface area contributed by atoms with Crippen LogP contribution in [-0.4, -0.2) is 26.3 Å². The van der Waals surface area contributed by atoms with E-state index in [1.807, 2.05) is 0 Å². The van der Waals surface area contributed by atoms with Crippen LogP contribution in [0.25, 0.3) is 0 Å². The molecule has 1 aliphatic rings. The lowest BCUT2D eigenvalue weighted by Crippen LogP contribution is -2.23. The van der Waals surface area contributed by atoms with E-state index in [2.05, 4.69) is 12.2 Å². The van der Waals surface area contributed by atoms with Gasteiger partial charge in [0.2, 0.25) is 0 Å². The molecule has 0 aromatic rings. The summed E-state index contributed by atoms with van der Waals surface area (Å²) in [5, 5.41) is 3.58. The Labute approximate surface area is 88.4 Å². The molecule has 1 fully saturated rings. The maximum atomic E-state index is 5.02. The van der Waals surface area contributed by atoms with Crippen molar-refractivity contribution in [3.63, 3.8) is 0 Å². The van der Waals surface area contributed by atoms with E-state index in [-0.39, 0.29) is 0 Å². The summed E-state index contributed by atoms with van der Waals surface area (Å²) in [7, 11) is 1.78. The number of ether oxygens (including phenoxy) is 1. The molecule has 2 nitrogen and oxygen atoms in total. The van der Waals surface area contributed by atoms with Crippen molar-refractivity contribution in [2.24, 2.45) is 5.92 Å². The molecule has 84 valence electrons. The topological polar surface area (TPSA) is 21.3 Å². The van der Waals surface area contributed by atoms with Gasteiger partial charge in [-0.3, -0.25) is 0 Å². The van der Waals surface area contributed by atoms with E-state index in [1.54, 1.807) is 7.11 Å². The Bertz CT molecular complexity index is 134. The van der Waals surface area contributed by atoms with E-state index < -0.39 is 0 Å². The lowest BCUT2D eigenvalue weighted by Gasteiger charge is -2.11. The Morgan fingerprint density at radius 3 is 2.71 bits per heavy atom. The first-order valence-electron chi connectivity index (χ1n) is 6.05. The Morgan fingerprint density at radius 1 is 1.29 bits per heavy atom. The SMILES string of the molecule is COCCCCCC(C)CNC1CC1. The van der Waals surface area contributed by atoms with Crippen LogP contribution in [0.4, 0.5) is 0 Å². The van der Waals surface area contributed by atoms with E-state index in [0.29, 0.717) is 0 Å². The Balaban J connectivity index is 1.79. The normalized spacial score (nSPS) is 18.4. The first kappa shape index (κ1) is 12.0. The average molecular weight is 199 g/mol. The van der Waals surface area contributed by atoms with Crippen molar-refractivity contribution in [1.29, 1.82) is 0 Å². The summed E-state index contributed by atoms with van der Waals surface area (Å²) in [6.45, 7) is 4.50. The zero-order valence-corrected chi connectivity index (χ0v) is 9.72. The molecular formula is C12H25NO. The fourth-order valence-electron chi connectivity index (χ4n) is 1.67. The van der Waals surface area contributed by atoms with Crippen LogP contribution in [0, 0.1) is 5.92 Å². The zero-order valence-electron chi connectivity index (χ0n) is 9.72. The van der Waals surface area contributed by atoms with Crippen LogP contribution in [0.2, 0.25) is 0 Å². The van der Waals surface area contributed by atoms with Crippen molar-refractivity contribution < 1.29 is 4.74 Å². The van der Waals surface area contributed by atoms with Crippen molar-refractivity contribution in [1.82, 2.24) is 5.32 Å². The van der Waals surface area contributed by atoms with E-state index in [1.165, 1.54) is 45.1 Å².